The van der Waals surface area contributed by atoms with Crippen LogP contribution >= 0.6 is 27.5 Å². The van der Waals surface area contributed by atoms with Crippen molar-refractivity contribution in [2.45, 2.75) is 6.42 Å². The highest BCUT2D eigenvalue weighted by Crippen LogP contribution is 2.33. The molecule has 0 saturated carbocycles. The molecule has 0 aliphatic carbocycles. The van der Waals surface area contributed by atoms with Crippen LogP contribution in [0, 0.1) is 0 Å². The Hall–Kier alpha value is -2.83. The third-order valence-corrected chi connectivity index (χ3v) is 5.24. The monoisotopic (exact) mass is 471 g/mol. The van der Waals surface area contributed by atoms with E-state index in [1.54, 1.807) is 54.6 Å². The number of halogens is 2. The third kappa shape index (κ3) is 4.28. The highest BCUT2D eigenvalue weighted by Gasteiger charge is 2.19. The molecule has 3 aromatic carbocycles. The van der Waals surface area contributed by atoms with Gasteiger partial charge >= 0.3 is 0 Å². The first kappa shape index (κ1) is 19.5. The third-order valence-electron chi connectivity index (χ3n) is 4.42. The molecule has 1 aliphatic heterocycles. The normalized spacial score (nSPS) is 11.9. The number of fused-ring (bicyclic) bond motifs is 1. The van der Waals surface area contributed by atoms with Crippen molar-refractivity contribution in [3.05, 3.63) is 86.8 Å². The van der Waals surface area contributed by atoms with Crippen molar-refractivity contribution >= 4 is 44.9 Å². The molecule has 0 bridgehead atoms. The molecule has 7 heteroatoms. The number of anilines is 1. The number of nitrogens with one attached hydrogen (secondary N) is 1. The molecular weight excluding hydrogens is 458 g/mol. The van der Waals surface area contributed by atoms with E-state index in [1.165, 1.54) is 0 Å². The quantitative estimate of drug-likeness (QED) is 0.516. The molecule has 0 fully saturated rings. The van der Waals surface area contributed by atoms with Crippen molar-refractivity contribution in [3.63, 3.8) is 0 Å². The molecule has 0 atom stereocenters. The molecule has 146 valence electrons. The number of amides is 1. The predicted octanol–water partition coefficient (Wildman–Crippen LogP) is 5.24. The number of hydrogen-bond acceptors (Lipinski definition) is 4. The lowest BCUT2D eigenvalue weighted by Crippen LogP contribution is -2.17. The molecule has 5 nitrogen and oxygen atoms in total. The molecule has 4 rings (SSSR count). The lowest BCUT2D eigenvalue weighted by molar-refractivity contribution is -0.115. The summed E-state index contributed by atoms with van der Waals surface area (Å²) in [5.41, 5.74) is 1.93. The van der Waals surface area contributed by atoms with Crippen molar-refractivity contribution in [1.82, 2.24) is 0 Å². The Bertz CT molecular complexity index is 1120. The zero-order valence-electron chi connectivity index (χ0n) is 15.1. The average molecular weight is 473 g/mol. The lowest BCUT2D eigenvalue weighted by atomic mass is 10.0. The minimum Gasteiger partial charge on any atom is -0.454 e. The van der Waals surface area contributed by atoms with Gasteiger partial charge in [0.05, 0.1) is 17.1 Å². The number of benzene rings is 3. The number of rotatable bonds is 5. The van der Waals surface area contributed by atoms with Gasteiger partial charge in [-0.1, -0.05) is 45.7 Å². The second kappa shape index (κ2) is 8.27. The summed E-state index contributed by atoms with van der Waals surface area (Å²) in [5.74, 6) is 0.762. The molecule has 0 saturated heterocycles. The Morgan fingerprint density at radius 3 is 2.59 bits per heavy atom. The van der Waals surface area contributed by atoms with Crippen LogP contribution in [0.3, 0.4) is 0 Å². The Labute approximate surface area is 180 Å². The number of ketones is 1. The molecule has 1 heterocycles. The van der Waals surface area contributed by atoms with Gasteiger partial charge in [-0.3, -0.25) is 9.59 Å². The van der Waals surface area contributed by atoms with Crippen LogP contribution in [0.5, 0.6) is 11.5 Å². The van der Waals surface area contributed by atoms with Gasteiger partial charge in [-0.05, 0) is 48.0 Å². The van der Waals surface area contributed by atoms with Crippen LogP contribution in [0.2, 0.25) is 5.02 Å². The number of carbonyl (C=O) groups is 2. The fraction of sp³-hybridized carbons (Fsp3) is 0.0909. The summed E-state index contributed by atoms with van der Waals surface area (Å²) in [4.78, 5) is 25.6. The van der Waals surface area contributed by atoms with E-state index in [4.69, 9.17) is 21.1 Å². The van der Waals surface area contributed by atoms with Crippen LogP contribution in [0.4, 0.5) is 5.69 Å². The Morgan fingerprint density at radius 1 is 0.966 bits per heavy atom. The largest absolute Gasteiger partial charge is 0.454 e. The van der Waals surface area contributed by atoms with E-state index in [0.29, 0.717) is 33.3 Å². The Kier molecular flexibility index (Phi) is 5.56. The van der Waals surface area contributed by atoms with Crippen molar-refractivity contribution in [1.29, 1.82) is 0 Å². The predicted molar refractivity (Wildman–Crippen MR) is 114 cm³/mol. The lowest BCUT2D eigenvalue weighted by Gasteiger charge is -2.12. The van der Waals surface area contributed by atoms with Gasteiger partial charge in [0, 0.05) is 15.6 Å². The fourth-order valence-corrected chi connectivity index (χ4v) is 3.62. The summed E-state index contributed by atoms with van der Waals surface area (Å²) >= 11 is 9.56. The Balaban J connectivity index is 1.56. The minimum absolute atomic E-state index is 0.131. The van der Waals surface area contributed by atoms with Gasteiger partial charge in [0.1, 0.15) is 0 Å². The maximum Gasteiger partial charge on any atom is 0.231 e. The molecule has 29 heavy (non-hydrogen) atoms. The SMILES string of the molecule is O=C(Cc1ccc2c(c1)OCO2)Nc1ccc(Br)cc1C(=O)c1ccccc1Cl. The topological polar surface area (TPSA) is 64.6 Å². The van der Waals surface area contributed by atoms with Gasteiger partial charge < -0.3 is 14.8 Å². The van der Waals surface area contributed by atoms with Crippen LogP contribution < -0.4 is 14.8 Å². The summed E-state index contributed by atoms with van der Waals surface area (Å²) in [6.45, 7) is 0.178. The first-order chi connectivity index (χ1) is 14.0. The summed E-state index contributed by atoms with van der Waals surface area (Å²) < 4.78 is 11.4. The van der Waals surface area contributed by atoms with E-state index in [1.807, 2.05) is 6.07 Å². The standard InChI is InChI=1S/C22H15BrClNO4/c23-14-6-7-18(16(11-14)22(27)15-3-1-2-4-17(15)24)25-21(26)10-13-5-8-19-20(9-13)29-12-28-19/h1-9,11H,10,12H2,(H,25,26). The first-order valence-electron chi connectivity index (χ1n) is 8.78. The van der Waals surface area contributed by atoms with Gasteiger partial charge in [0.25, 0.3) is 0 Å². The summed E-state index contributed by atoms with van der Waals surface area (Å²) in [6.07, 6.45) is 0.131. The van der Waals surface area contributed by atoms with Gasteiger partial charge in [-0.25, -0.2) is 0 Å². The fourth-order valence-electron chi connectivity index (χ4n) is 3.03. The van der Waals surface area contributed by atoms with Crippen LogP contribution in [0.15, 0.2) is 65.1 Å². The van der Waals surface area contributed by atoms with Crippen LogP contribution in [-0.2, 0) is 11.2 Å². The number of ether oxygens (including phenoxy) is 2. The van der Waals surface area contributed by atoms with Crippen molar-refractivity contribution < 1.29 is 19.1 Å². The molecule has 3 aromatic rings. The van der Waals surface area contributed by atoms with Gasteiger partial charge in [0.15, 0.2) is 17.3 Å². The second-order valence-electron chi connectivity index (χ2n) is 6.41. The molecule has 1 aliphatic rings. The molecule has 0 spiro atoms. The Morgan fingerprint density at radius 2 is 1.76 bits per heavy atom. The van der Waals surface area contributed by atoms with Crippen LogP contribution in [0.25, 0.3) is 0 Å². The van der Waals surface area contributed by atoms with E-state index in [9.17, 15) is 9.59 Å². The maximum absolute atomic E-state index is 13.0. The number of carbonyl (C=O) groups excluding carboxylic acids is 2. The molecule has 1 N–H and O–H groups in total. The van der Waals surface area contributed by atoms with Crippen molar-refractivity contribution in [2.24, 2.45) is 0 Å². The molecule has 0 radical (unpaired) electrons. The smallest absolute Gasteiger partial charge is 0.231 e. The van der Waals surface area contributed by atoms with Crippen molar-refractivity contribution in [2.75, 3.05) is 12.1 Å². The van der Waals surface area contributed by atoms with Crippen LogP contribution in [-0.4, -0.2) is 18.5 Å². The van der Waals surface area contributed by atoms with E-state index in [0.717, 1.165) is 10.0 Å². The molecule has 0 unspecified atom stereocenters. The summed E-state index contributed by atoms with van der Waals surface area (Å²) in [5, 5.41) is 3.18. The first-order valence-corrected chi connectivity index (χ1v) is 9.95. The highest BCUT2D eigenvalue weighted by atomic mass is 79.9. The van der Waals surface area contributed by atoms with E-state index in [-0.39, 0.29) is 24.9 Å². The second-order valence-corrected chi connectivity index (χ2v) is 7.73. The van der Waals surface area contributed by atoms with Gasteiger partial charge in [0.2, 0.25) is 12.7 Å². The maximum atomic E-state index is 13.0. The van der Waals surface area contributed by atoms with Crippen LogP contribution in [0.1, 0.15) is 21.5 Å². The summed E-state index contributed by atoms with van der Waals surface area (Å²) in [6, 6.07) is 17.3. The van der Waals surface area contributed by atoms with E-state index >= 15 is 0 Å². The zero-order valence-corrected chi connectivity index (χ0v) is 17.4. The van der Waals surface area contributed by atoms with E-state index in [2.05, 4.69) is 21.2 Å². The molecular formula is C22H15BrClNO4. The van der Waals surface area contributed by atoms with Gasteiger partial charge in [-0.15, -0.1) is 0 Å². The molecule has 1 amide bonds. The van der Waals surface area contributed by atoms with E-state index < -0.39 is 0 Å². The van der Waals surface area contributed by atoms with Gasteiger partial charge in [-0.2, -0.15) is 0 Å². The highest BCUT2D eigenvalue weighted by molar-refractivity contribution is 9.10. The minimum atomic E-state index is -0.268. The zero-order chi connectivity index (χ0) is 20.4. The number of hydrogen-bond donors (Lipinski definition) is 1. The molecule has 0 aromatic heterocycles. The average Bonchev–Trinajstić information content (AvgIpc) is 3.17. The van der Waals surface area contributed by atoms with Crippen molar-refractivity contribution in [3.8, 4) is 11.5 Å². The summed E-state index contributed by atoms with van der Waals surface area (Å²) in [7, 11) is 0.